The van der Waals surface area contributed by atoms with Crippen molar-refractivity contribution in [3.05, 3.63) is 69.3 Å². The maximum atomic E-state index is 12.7. The first kappa shape index (κ1) is 16.4. The molecule has 0 saturated carbocycles. The van der Waals surface area contributed by atoms with Gasteiger partial charge in [-0.1, -0.05) is 0 Å². The molecule has 0 aliphatic heterocycles. The Kier molecular flexibility index (Phi) is 3.68. The van der Waals surface area contributed by atoms with E-state index < -0.39 is 31.6 Å². The van der Waals surface area contributed by atoms with Crippen LogP contribution >= 0.6 is 15.9 Å². The number of hydrogen-bond acceptors (Lipinski definition) is 7. The predicted octanol–water partition coefficient (Wildman–Crippen LogP) is 3.17. The molecule has 0 bridgehead atoms. The van der Waals surface area contributed by atoms with Crippen LogP contribution in [0.15, 0.2) is 33.5 Å². The van der Waals surface area contributed by atoms with Gasteiger partial charge in [-0.2, -0.15) is 0 Å². The van der Waals surface area contributed by atoms with E-state index in [0.717, 1.165) is 24.3 Å². The molecule has 3 aromatic rings. The van der Waals surface area contributed by atoms with Crippen molar-refractivity contribution in [3.63, 3.8) is 0 Å². The number of aromatic amines is 1. The van der Waals surface area contributed by atoms with Crippen LogP contribution in [-0.2, 0) is 0 Å². The summed E-state index contributed by atoms with van der Waals surface area (Å²) in [4.78, 5) is 46.0. The number of rotatable bonds is 3. The second kappa shape index (κ2) is 5.59. The number of halogens is 1. The summed E-state index contributed by atoms with van der Waals surface area (Å²) in [7, 11) is 0. The number of fused-ring (bicyclic) bond motifs is 2. The molecular weight excluding hydrogens is 404 g/mol. The minimum atomic E-state index is -0.862. The number of aromatic nitrogens is 1. The molecular formula is C13H5BrN4O7. The molecule has 3 rings (SSSR count). The second-order valence-corrected chi connectivity index (χ2v) is 5.82. The molecule has 0 aliphatic carbocycles. The van der Waals surface area contributed by atoms with Gasteiger partial charge >= 0.3 is 0 Å². The third-order valence-corrected chi connectivity index (χ3v) is 4.16. The monoisotopic (exact) mass is 408 g/mol. The van der Waals surface area contributed by atoms with Crippen molar-refractivity contribution in [3.8, 4) is 0 Å². The van der Waals surface area contributed by atoms with E-state index in [4.69, 9.17) is 0 Å². The van der Waals surface area contributed by atoms with Crippen LogP contribution in [0.5, 0.6) is 0 Å². The summed E-state index contributed by atoms with van der Waals surface area (Å²) >= 11 is 3.08. The Hall–Kier alpha value is -3.41. The third-order valence-electron chi connectivity index (χ3n) is 3.53. The summed E-state index contributed by atoms with van der Waals surface area (Å²) in [6, 6.07) is 3.78. The van der Waals surface area contributed by atoms with Gasteiger partial charge < -0.3 is 4.98 Å². The molecule has 126 valence electrons. The van der Waals surface area contributed by atoms with Crippen molar-refractivity contribution in [1.82, 2.24) is 4.98 Å². The molecule has 0 unspecified atom stereocenters. The van der Waals surface area contributed by atoms with Crippen LogP contribution in [0.3, 0.4) is 0 Å². The number of hydrogen-bond donors (Lipinski definition) is 1. The van der Waals surface area contributed by atoms with Crippen LogP contribution in [0.25, 0.3) is 21.8 Å². The van der Waals surface area contributed by atoms with Gasteiger partial charge in [0, 0.05) is 22.7 Å². The molecule has 2 aromatic carbocycles. The molecule has 0 saturated heterocycles. The fraction of sp³-hybridized carbons (Fsp3) is 0. The van der Waals surface area contributed by atoms with Crippen molar-refractivity contribution >= 4 is 54.8 Å². The zero-order chi connectivity index (χ0) is 18.5. The minimum Gasteiger partial charge on any atom is -0.348 e. The Labute approximate surface area is 144 Å². The molecule has 25 heavy (non-hydrogen) atoms. The number of nitrogens with zero attached hydrogens (tertiary/aromatic N) is 3. The van der Waals surface area contributed by atoms with Gasteiger partial charge in [0.2, 0.25) is 0 Å². The average molecular weight is 409 g/mol. The SMILES string of the molecule is O=c1c2cc([N+](=O)[O-])cc(Br)c2[nH]c2c([N+](=O)[O-])cc([N+](=O)[O-])cc12. The van der Waals surface area contributed by atoms with E-state index in [2.05, 4.69) is 20.9 Å². The van der Waals surface area contributed by atoms with Crippen LogP contribution in [0.4, 0.5) is 17.1 Å². The molecule has 0 aliphatic rings. The van der Waals surface area contributed by atoms with Crippen molar-refractivity contribution in [2.75, 3.05) is 0 Å². The molecule has 0 amide bonds. The zero-order valence-electron chi connectivity index (χ0n) is 11.9. The molecule has 0 atom stereocenters. The van der Waals surface area contributed by atoms with Gasteiger partial charge in [0.15, 0.2) is 5.43 Å². The van der Waals surface area contributed by atoms with E-state index in [1.165, 1.54) is 0 Å². The molecule has 12 heteroatoms. The number of non-ortho nitro benzene ring substituents is 3. The molecule has 0 spiro atoms. The summed E-state index contributed by atoms with van der Waals surface area (Å²) in [6.45, 7) is 0. The molecule has 1 heterocycles. The maximum absolute atomic E-state index is 12.7. The predicted molar refractivity (Wildman–Crippen MR) is 89.7 cm³/mol. The molecule has 1 aromatic heterocycles. The fourth-order valence-corrected chi connectivity index (χ4v) is 2.99. The molecule has 1 N–H and O–H groups in total. The lowest BCUT2D eigenvalue weighted by Gasteiger charge is -2.05. The van der Waals surface area contributed by atoms with Gasteiger partial charge in [0.05, 0.1) is 37.1 Å². The highest BCUT2D eigenvalue weighted by atomic mass is 79.9. The first-order valence-corrected chi connectivity index (χ1v) is 7.26. The van der Waals surface area contributed by atoms with Crippen molar-refractivity contribution in [2.24, 2.45) is 0 Å². The van der Waals surface area contributed by atoms with Gasteiger partial charge in [-0.25, -0.2) is 0 Å². The number of nitro benzene ring substituents is 3. The van der Waals surface area contributed by atoms with Gasteiger partial charge in [-0.3, -0.25) is 35.1 Å². The Balaban J connectivity index is 2.57. The Morgan fingerprint density at radius 1 is 0.800 bits per heavy atom. The van der Waals surface area contributed by atoms with Crippen molar-refractivity contribution in [1.29, 1.82) is 0 Å². The molecule has 0 fully saturated rings. The summed E-state index contributed by atoms with van der Waals surface area (Å²) in [6.07, 6.45) is 0. The Bertz CT molecular complexity index is 1170. The van der Waals surface area contributed by atoms with Crippen LogP contribution in [0.1, 0.15) is 0 Å². The normalized spacial score (nSPS) is 10.9. The highest BCUT2D eigenvalue weighted by Gasteiger charge is 2.24. The van der Waals surface area contributed by atoms with Gasteiger partial charge in [-0.05, 0) is 15.9 Å². The number of benzene rings is 2. The van der Waals surface area contributed by atoms with Crippen molar-refractivity contribution in [2.45, 2.75) is 0 Å². The number of nitrogens with one attached hydrogen (secondary N) is 1. The first-order valence-electron chi connectivity index (χ1n) is 6.47. The first-order chi connectivity index (χ1) is 11.7. The largest absolute Gasteiger partial charge is 0.348 e. The Morgan fingerprint density at radius 3 is 1.84 bits per heavy atom. The zero-order valence-corrected chi connectivity index (χ0v) is 13.5. The van der Waals surface area contributed by atoms with Crippen LogP contribution in [0, 0.1) is 30.3 Å². The standard InChI is InChI=1S/C13H5BrN4O7/c14-9-3-5(16(20)21)1-7-11(9)15-12-8(13(7)19)2-6(17(22)23)4-10(12)18(24)25/h1-4H,(H,15,19). The van der Waals surface area contributed by atoms with E-state index in [1.807, 2.05) is 0 Å². The van der Waals surface area contributed by atoms with Gasteiger partial charge in [-0.15, -0.1) is 0 Å². The van der Waals surface area contributed by atoms with Gasteiger partial charge in [0.1, 0.15) is 5.52 Å². The lowest BCUT2D eigenvalue weighted by molar-refractivity contribution is -0.393. The van der Waals surface area contributed by atoms with E-state index in [-0.39, 0.29) is 32.0 Å². The van der Waals surface area contributed by atoms with E-state index in [0.29, 0.717) is 0 Å². The number of pyridine rings is 1. The van der Waals surface area contributed by atoms with Crippen LogP contribution in [0.2, 0.25) is 0 Å². The van der Waals surface area contributed by atoms with Crippen LogP contribution < -0.4 is 5.43 Å². The minimum absolute atomic E-state index is 0.111. The highest BCUT2D eigenvalue weighted by molar-refractivity contribution is 9.10. The van der Waals surface area contributed by atoms with E-state index >= 15 is 0 Å². The summed E-state index contributed by atoms with van der Waals surface area (Å²) in [5.41, 5.74) is -2.53. The molecule has 11 nitrogen and oxygen atoms in total. The lowest BCUT2D eigenvalue weighted by Crippen LogP contribution is -2.08. The number of nitro groups is 3. The second-order valence-electron chi connectivity index (χ2n) is 4.96. The summed E-state index contributed by atoms with van der Waals surface area (Å²) < 4.78 is 0.156. The lowest BCUT2D eigenvalue weighted by atomic mass is 10.1. The van der Waals surface area contributed by atoms with Crippen molar-refractivity contribution < 1.29 is 14.8 Å². The summed E-state index contributed by atoms with van der Waals surface area (Å²) in [5, 5.41) is 32.7. The third kappa shape index (κ3) is 2.57. The van der Waals surface area contributed by atoms with Crippen LogP contribution in [-0.4, -0.2) is 19.8 Å². The van der Waals surface area contributed by atoms with E-state index in [9.17, 15) is 35.1 Å². The maximum Gasteiger partial charge on any atom is 0.300 e. The topological polar surface area (TPSA) is 162 Å². The average Bonchev–Trinajstić information content (AvgIpc) is 2.54. The summed E-state index contributed by atoms with van der Waals surface area (Å²) in [5.74, 6) is 0. The molecule has 0 radical (unpaired) electrons. The smallest absolute Gasteiger partial charge is 0.300 e. The van der Waals surface area contributed by atoms with Gasteiger partial charge in [0.25, 0.3) is 17.1 Å². The highest BCUT2D eigenvalue weighted by Crippen LogP contribution is 2.32. The quantitative estimate of drug-likeness (QED) is 0.394. The fourth-order valence-electron chi connectivity index (χ4n) is 2.45. The number of H-pyrrole nitrogens is 1. The van der Waals surface area contributed by atoms with E-state index in [1.54, 1.807) is 0 Å². The Morgan fingerprint density at radius 2 is 1.32 bits per heavy atom.